The topological polar surface area (TPSA) is 86.8 Å². The third-order valence-electron chi connectivity index (χ3n) is 5.32. The summed E-state index contributed by atoms with van der Waals surface area (Å²) in [6.45, 7) is 6.09. The summed E-state index contributed by atoms with van der Waals surface area (Å²) in [5.74, 6) is -0.441. The largest absolute Gasteiger partial charge is 0.357 e. The molecule has 0 heterocycles. The number of aryl methyl sites for hydroxylation is 2. The van der Waals surface area contributed by atoms with Gasteiger partial charge in [-0.25, -0.2) is 8.42 Å². The smallest absolute Gasteiger partial charge is 0.242 e. The Bertz CT molecular complexity index is 1040. The van der Waals surface area contributed by atoms with Crippen molar-refractivity contribution in [2.75, 3.05) is 24.2 Å². The Hall–Kier alpha value is -2.87. The standard InChI is InChI=1S/C24H33N3O4S/c1-18-11-13-22(14-12-18)27(32(5,30)31)15-7-10-23(28)26(20(3)24(29)25-4)17-21-9-6-8-19(2)16-21/h6,8-9,11-14,16,20H,7,10,15,17H2,1-5H3,(H,25,29)/t20-/m1/s1. The molecule has 8 heteroatoms. The number of nitrogens with one attached hydrogen (secondary N) is 1. The van der Waals surface area contributed by atoms with E-state index < -0.39 is 16.1 Å². The quantitative estimate of drug-likeness (QED) is 0.592. The van der Waals surface area contributed by atoms with Crippen molar-refractivity contribution in [3.05, 3.63) is 65.2 Å². The van der Waals surface area contributed by atoms with Crippen molar-refractivity contribution in [1.82, 2.24) is 10.2 Å². The van der Waals surface area contributed by atoms with Crippen molar-refractivity contribution in [2.45, 2.75) is 46.2 Å². The molecule has 0 bridgehead atoms. The highest BCUT2D eigenvalue weighted by Gasteiger charge is 2.26. The van der Waals surface area contributed by atoms with Gasteiger partial charge in [-0.15, -0.1) is 0 Å². The predicted octanol–water partition coefficient (Wildman–Crippen LogP) is 3.01. The van der Waals surface area contributed by atoms with Crippen molar-refractivity contribution in [3.63, 3.8) is 0 Å². The molecule has 0 saturated carbocycles. The summed E-state index contributed by atoms with van der Waals surface area (Å²) in [6, 6.07) is 14.4. The average molecular weight is 460 g/mol. The molecule has 0 fully saturated rings. The number of carbonyl (C=O) groups excluding carboxylic acids is 2. The van der Waals surface area contributed by atoms with Crippen LogP contribution < -0.4 is 9.62 Å². The Kier molecular flexibility index (Phi) is 8.83. The van der Waals surface area contributed by atoms with Crippen LogP contribution in [0.2, 0.25) is 0 Å². The van der Waals surface area contributed by atoms with Crippen LogP contribution in [0.25, 0.3) is 0 Å². The summed E-state index contributed by atoms with van der Waals surface area (Å²) >= 11 is 0. The molecule has 0 saturated heterocycles. The van der Waals surface area contributed by atoms with E-state index in [9.17, 15) is 18.0 Å². The summed E-state index contributed by atoms with van der Waals surface area (Å²) in [6.07, 6.45) is 1.63. The molecule has 0 aliphatic rings. The molecular formula is C24H33N3O4S. The molecule has 7 nitrogen and oxygen atoms in total. The van der Waals surface area contributed by atoms with Gasteiger partial charge in [0, 0.05) is 26.6 Å². The fourth-order valence-corrected chi connectivity index (χ4v) is 4.48. The Labute approximate surface area is 191 Å². The second-order valence-corrected chi connectivity index (χ2v) is 9.98. The zero-order valence-corrected chi connectivity index (χ0v) is 20.3. The SMILES string of the molecule is CNC(=O)[C@@H](C)N(Cc1cccc(C)c1)C(=O)CCCN(c1ccc(C)cc1)S(C)(=O)=O. The molecule has 2 amide bonds. The van der Waals surface area contributed by atoms with Crippen LogP contribution in [0.1, 0.15) is 36.5 Å². The van der Waals surface area contributed by atoms with E-state index in [1.165, 1.54) is 4.31 Å². The fourth-order valence-electron chi connectivity index (χ4n) is 3.51. The lowest BCUT2D eigenvalue weighted by Crippen LogP contribution is -2.46. The van der Waals surface area contributed by atoms with Crippen LogP contribution in [0.5, 0.6) is 0 Å². The molecule has 0 aliphatic heterocycles. The maximum atomic E-state index is 13.1. The van der Waals surface area contributed by atoms with Gasteiger partial charge >= 0.3 is 0 Å². The highest BCUT2D eigenvalue weighted by molar-refractivity contribution is 7.92. The molecule has 2 rings (SSSR count). The van der Waals surface area contributed by atoms with E-state index in [1.54, 1.807) is 31.0 Å². The van der Waals surface area contributed by atoms with Gasteiger partial charge in [0.2, 0.25) is 21.8 Å². The zero-order chi connectivity index (χ0) is 23.9. The first-order valence-electron chi connectivity index (χ1n) is 10.6. The van der Waals surface area contributed by atoms with Gasteiger partial charge in [-0.2, -0.15) is 0 Å². The van der Waals surface area contributed by atoms with Gasteiger partial charge in [0.15, 0.2) is 0 Å². The Morgan fingerprint density at radius 3 is 2.25 bits per heavy atom. The van der Waals surface area contributed by atoms with Gasteiger partial charge in [-0.1, -0.05) is 47.5 Å². The van der Waals surface area contributed by atoms with Gasteiger partial charge in [0.25, 0.3) is 0 Å². The van der Waals surface area contributed by atoms with Gasteiger partial charge < -0.3 is 10.2 Å². The molecule has 0 aromatic heterocycles. The van der Waals surface area contributed by atoms with Gasteiger partial charge in [0.05, 0.1) is 11.9 Å². The molecular weight excluding hydrogens is 426 g/mol. The first-order chi connectivity index (χ1) is 15.0. The van der Waals surface area contributed by atoms with E-state index in [4.69, 9.17) is 0 Å². The minimum Gasteiger partial charge on any atom is -0.357 e. The monoisotopic (exact) mass is 459 g/mol. The van der Waals surface area contributed by atoms with Crippen molar-refractivity contribution >= 4 is 27.5 Å². The molecule has 32 heavy (non-hydrogen) atoms. The highest BCUT2D eigenvalue weighted by Crippen LogP contribution is 2.20. The van der Waals surface area contributed by atoms with E-state index in [2.05, 4.69) is 5.32 Å². The number of sulfonamides is 1. The molecule has 174 valence electrons. The molecule has 0 unspecified atom stereocenters. The summed E-state index contributed by atoms with van der Waals surface area (Å²) in [4.78, 5) is 26.9. The summed E-state index contributed by atoms with van der Waals surface area (Å²) in [5.41, 5.74) is 3.61. The molecule has 1 atom stereocenters. The van der Waals surface area contributed by atoms with Crippen LogP contribution >= 0.6 is 0 Å². The maximum absolute atomic E-state index is 13.1. The lowest BCUT2D eigenvalue weighted by molar-refractivity contribution is -0.140. The van der Waals surface area contributed by atoms with Crippen LogP contribution in [0, 0.1) is 13.8 Å². The lowest BCUT2D eigenvalue weighted by atomic mass is 10.1. The number of carbonyl (C=O) groups is 2. The van der Waals surface area contributed by atoms with E-state index >= 15 is 0 Å². The number of hydrogen-bond acceptors (Lipinski definition) is 4. The van der Waals surface area contributed by atoms with Gasteiger partial charge in [-0.3, -0.25) is 13.9 Å². The lowest BCUT2D eigenvalue weighted by Gasteiger charge is -2.29. The zero-order valence-electron chi connectivity index (χ0n) is 19.5. The van der Waals surface area contributed by atoms with Crippen LogP contribution in [0.4, 0.5) is 5.69 Å². The van der Waals surface area contributed by atoms with Crippen molar-refractivity contribution in [2.24, 2.45) is 0 Å². The Morgan fingerprint density at radius 1 is 1.03 bits per heavy atom. The van der Waals surface area contributed by atoms with E-state index in [0.29, 0.717) is 18.7 Å². The first-order valence-corrected chi connectivity index (χ1v) is 12.5. The fraction of sp³-hybridized carbons (Fsp3) is 0.417. The van der Waals surface area contributed by atoms with Crippen LogP contribution in [0.3, 0.4) is 0 Å². The second kappa shape index (κ2) is 11.1. The molecule has 0 radical (unpaired) electrons. The van der Waals surface area contributed by atoms with Crippen LogP contribution in [0.15, 0.2) is 48.5 Å². The predicted molar refractivity (Wildman–Crippen MR) is 128 cm³/mol. The third-order valence-corrected chi connectivity index (χ3v) is 6.52. The molecule has 2 aromatic carbocycles. The van der Waals surface area contributed by atoms with E-state index in [1.807, 2.05) is 50.2 Å². The van der Waals surface area contributed by atoms with Crippen molar-refractivity contribution in [1.29, 1.82) is 0 Å². The van der Waals surface area contributed by atoms with E-state index in [0.717, 1.165) is 22.9 Å². The molecule has 2 aromatic rings. The number of amides is 2. The van der Waals surface area contributed by atoms with Crippen molar-refractivity contribution < 1.29 is 18.0 Å². The summed E-state index contributed by atoms with van der Waals surface area (Å²) < 4.78 is 25.9. The van der Waals surface area contributed by atoms with Gasteiger partial charge in [0.1, 0.15) is 6.04 Å². The van der Waals surface area contributed by atoms with Gasteiger partial charge in [-0.05, 0) is 44.9 Å². The second-order valence-electron chi connectivity index (χ2n) is 8.08. The minimum atomic E-state index is -3.49. The number of nitrogens with zero attached hydrogens (tertiary/aromatic N) is 2. The highest BCUT2D eigenvalue weighted by atomic mass is 32.2. The average Bonchev–Trinajstić information content (AvgIpc) is 2.74. The number of likely N-dealkylation sites (N-methyl/N-ethyl adjacent to an activating group) is 1. The Balaban J connectivity index is 2.13. The minimum absolute atomic E-state index is 0.130. The normalized spacial score (nSPS) is 12.2. The summed E-state index contributed by atoms with van der Waals surface area (Å²) in [5, 5.41) is 2.60. The molecule has 0 aliphatic carbocycles. The Morgan fingerprint density at radius 2 is 1.69 bits per heavy atom. The van der Waals surface area contributed by atoms with Crippen LogP contribution in [-0.4, -0.2) is 51.0 Å². The van der Waals surface area contributed by atoms with E-state index in [-0.39, 0.29) is 24.8 Å². The summed E-state index contributed by atoms with van der Waals surface area (Å²) in [7, 11) is -1.95. The number of benzene rings is 2. The molecule has 0 spiro atoms. The maximum Gasteiger partial charge on any atom is 0.242 e. The number of hydrogen-bond donors (Lipinski definition) is 1. The number of anilines is 1. The number of rotatable bonds is 10. The first kappa shape index (κ1) is 25.4. The van der Waals surface area contributed by atoms with Crippen LogP contribution in [-0.2, 0) is 26.2 Å². The van der Waals surface area contributed by atoms with Crippen molar-refractivity contribution in [3.8, 4) is 0 Å². The molecule has 1 N–H and O–H groups in total. The third kappa shape index (κ3) is 7.09.